The van der Waals surface area contributed by atoms with Crippen LogP contribution in [0.2, 0.25) is 0 Å². The van der Waals surface area contributed by atoms with Crippen molar-refractivity contribution >= 4 is 6.29 Å². The molecule has 0 rings (SSSR count). The van der Waals surface area contributed by atoms with Crippen molar-refractivity contribution in [2.45, 2.75) is 25.8 Å². The van der Waals surface area contributed by atoms with Gasteiger partial charge < -0.3 is 4.79 Å². The quantitative estimate of drug-likeness (QED) is 0.320. The first-order valence-corrected chi connectivity index (χ1v) is 2.59. The molecule has 0 bridgehead atoms. The third-order valence-electron chi connectivity index (χ3n) is 1.08. The van der Waals surface area contributed by atoms with Gasteiger partial charge in [0.1, 0.15) is 6.29 Å². The van der Waals surface area contributed by atoms with E-state index in [1.807, 2.05) is 0 Å². The van der Waals surface area contributed by atoms with E-state index < -0.39 is 10.5 Å². The van der Waals surface area contributed by atoms with Crippen LogP contribution in [0, 0.1) is 10.1 Å². The van der Waals surface area contributed by atoms with E-state index in [0.717, 1.165) is 0 Å². The van der Waals surface area contributed by atoms with E-state index >= 15 is 0 Å². The summed E-state index contributed by atoms with van der Waals surface area (Å²) in [5.74, 6) is 0. The van der Waals surface area contributed by atoms with Gasteiger partial charge >= 0.3 is 0 Å². The molecule has 0 saturated heterocycles. The van der Waals surface area contributed by atoms with Gasteiger partial charge in [0.25, 0.3) is 0 Å². The Balaban J connectivity index is 4.00. The molecule has 0 aromatic rings. The van der Waals surface area contributed by atoms with Gasteiger partial charge in [-0.25, -0.2) is 0 Å². The Morgan fingerprint density at radius 3 is 2.22 bits per heavy atom. The summed E-state index contributed by atoms with van der Waals surface area (Å²) in [6, 6.07) is 0. The lowest BCUT2D eigenvalue weighted by Crippen LogP contribution is -2.30. The molecule has 0 aliphatic carbocycles. The van der Waals surface area contributed by atoms with Crippen molar-refractivity contribution in [3.63, 3.8) is 0 Å². The number of carbonyl (C=O) groups is 1. The fraction of sp³-hybridized carbons (Fsp3) is 0.800. The van der Waals surface area contributed by atoms with Crippen LogP contribution < -0.4 is 0 Å². The minimum atomic E-state index is -1.10. The molecule has 0 saturated carbocycles. The van der Waals surface area contributed by atoms with E-state index in [1.165, 1.54) is 13.8 Å². The molecule has 0 aromatic carbocycles. The van der Waals surface area contributed by atoms with Gasteiger partial charge in [0.05, 0.1) is 6.42 Å². The maximum absolute atomic E-state index is 10.1. The molecule has 9 heavy (non-hydrogen) atoms. The standard InChI is InChI=1S/C5H9NO3/c1-5(2,3-4-7)6(8)9/h4H,3H2,1-2H3. The van der Waals surface area contributed by atoms with Crippen LogP contribution in [0.5, 0.6) is 0 Å². The maximum Gasteiger partial charge on any atom is 0.223 e. The van der Waals surface area contributed by atoms with E-state index in [0.29, 0.717) is 6.29 Å². The molecule has 0 heterocycles. The first kappa shape index (κ1) is 8.07. The summed E-state index contributed by atoms with van der Waals surface area (Å²) >= 11 is 0. The second-order valence-corrected chi connectivity index (χ2v) is 2.44. The lowest BCUT2D eigenvalue weighted by molar-refractivity contribution is -0.558. The highest BCUT2D eigenvalue weighted by atomic mass is 16.6. The van der Waals surface area contributed by atoms with E-state index in [9.17, 15) is 14.9 Å². The molecule has 0 aromatic heterocycles. The number of nitrogens with zero attached hydrogens (tertiary/aromatic N) is 1. The zero-order chi connectivity index (χ0) is 7.49. The zero-order valence-electron chi connectivity index (χ0n) is 5.46. The Kier molecular flexibility index (Phi) is 2.30. The normalized spacial score (nSPS) is 10.9. The topological polar surface area (TPSA) is 60.2 Å². The fourth-order valence-electron chi connectivity index (χ4n) is 0.278. The first-order valence-electron chi connectivity index (χ1n) is 2.59. The molecule has 0 radical (unpaired) electrons. The van der Waals surface area contributed by atoms with Crippen molar-refractivity contribution in [3.8, 4) is 0 Å². The number of hydrogen-bond acceptors (Lipinski definition) is 3. The van der Waals surface area contributed by atoms with Crippen molar-refractivity contribution in [1.82, 2.24) is 0 Å². The Labute approximate surface area is 53.0 Å². The molecule has 4 nitrogen and oxygen atoms in total. The molecular weight excluding hydrogens is 122 g/mol. The number of carbonyl (C=O) groups excluding carboxylic acids is 1. The smallest absolute Gasteiger partial charge is 0.223 e. The van der Waals surface area contributed by atoms with Crippen LogP contribution in [0.1, 0.15) is 20.3 Å². The molecule has 0 amide bonds. The predicted octanol–water partition coefficient (Wildman–Crippen LogP) is 0.631. The van der Waals surface area contributed by atoms with Crippen LogP contribution in [0.3, 0.4) is 0 Å². The van der Waals surface area contributed by atoms with Gasteiger partial charge in [0, 0.05) is 18.8 Å². The Hall–Kier alpha value is -0.930. The van der Waals surface area contributed by atoms with Gasteiger partial charge in [-0.15, -0.1) is 0 Å². The SMILES string of the molecule is CC(C)(CC=O)[N+](=O)[O-]. The number of hydrogen-bond donors (Lipinski definition) is 0. The average molecular weight is 131 g/mol. The van der Waals surface area contributed by atoms with Crippen LogP contribution in [0.4, 0.5) is 0 Å². The van der Waals surface area contributed by atoms with Crippen molar-refractivity contribution in [1.29, 1.82) is 0 Å². The molecule has 0 spiro atoms. The maximum atomic E-state index is 10.1. The Morgan fingerprint density at radius 1 is 1.67 bits per heavy atom. The molecule has 0 aliphatic heterocycles. The summed E-state index contributed by atoms with van der Waals surface area (Å²) in [6.07, 6.45) is 0.531. The van der Waals surface area contributed by atoms with E-state index in [4.69, 9.17) is 0 Å². The van der Waals surface area contributed by atoms with Crippen molar-refractivity contribution in [3.05, 3.63) is 10.1 Å². The van der Waals surface area contributed by atoms with Gasteiger partial charge in [-0.2, -0.15) is 0 Å². The van der Waals surface area contributed by atoms with Crippen LogP contribution >= 0.6 is 0 Å². The molecule has 0 aliphatic rings. The fourth-order valence-corrected chi connectivity index (χ4v) is 0.278. The van der Waals surface area contributed by atoms with Crippen LogP contribution in [0.15, 0.2) is 0 Å². The minimum Gasteiger partial charge on any atom is -0.303 e. The van der Waals surface area contributed by atoms with E-state index in [-0.39, 0.29) is 6.42 Å². The Bertz CT molecular complexity index is 130. The lowest BCUT2D eigenvalue weighted by Gasteiger charge is -2.10. The second kappa shape index (κ2) is 2.57. The second-order valence-electron chi connectivity index (χ2n) is 2.44. The molecule has 52 valence electrons. The van der Waals surface area contributed by atoms with E-state index in [2.05, 4.69) is 0 Å². The molecule has 4 heteroatoms. The summed E-state index contributed by atoms with van der Waals surface area (Å²) in [6.45, 7) is 2.84. The van der Waals surface area contributed by atoms with Gasteiger partial charge in [-0.05, 0) is 0 Å². The number of rotatable bonds is 3. The van der Waals surface area contributed by atoms with Gasteiger partial charge in [-0.1, -0.05) is 0 Å². The van der Waals surface area contributed by atoms with Crippen LogP contribution in [0.25, 0.3) is 0 Å². The molecule has 0 N–H and O–H groups in total. The van der Waals surface area contributed by atoms with Gasteiger partial charge in [0.15, 0.2) is 0 Å². The highest BCUT2D eigenvalue weighted by Crippen LogP contribution is 2.09. The number of aldehydes is 1. The lowest BCUT2D eigenvalue weighted by atomic mass is 10.0. The third-order valence-corrected chi connectivity index (χ3v) is 1.08. The third kappa shape index (κ3) is 2.21. The predicted molar refractivity (Wildman–Crippen MR) is 31.8 cm³/mol. The monoisotopic (exact) mass is 131 g/mol. The highest BCUT2D eigenvalue weighted by molar-refractivity contribution is 5.50. The molecule has 0 atom stereocenters. The summed E-state index contributed by atoms with van der Waals surface area (Å²) in [4.78, 5) is 19.4. The average Bonchev–Trinajstić information content (AvgIpc) is 1.65. The molecular formula is C5H9NO3. The van der Waals surface area contributed by atoms with Crippen molar-refractivity contribution < 1.29 is 9.72 Å². The zero-order valence-corrected chi connectivity index (χ0v) is 5.46. The van der Waals surface area contributed by atoms with E-state index in [1.54, 1.807) is 0 Å². The van der Waals surface area contributed by atoms with Crippen molar-refractivity contribution in [2.24, 2.45) is 0 Å². The summed E-state index contributed by atoms with van der Waals surface area (Å²) in [7, 11) is 0. The Morgan fingerprint density at radius 2 is 2.11 bits per heavy atom. The number of nitro groups is 1. The minimum absolute atomic E-state index is 0.0278. The first-order chi connectivity index (χ1) is 4.00. The highest BCUT2D eigenvalue weighted by Gasteiger charge is 2.29. The van der Waals surface area contributed by atoms with Crippen LogP contribution in [-0.4, -0.2) is 16.7 Å². The summed E-state index contributed by atoms with van der Waals surface area (Å²) in [5, 5.41) is 10.1. The largest absolute Gasteiger partial charge is 0.303 e. The van der Waals surface area contributed by atoms with Crippen molar-refractivity contribution in [2.75, 3.05) is 0 Å². The molecule has 0 fully saturated rings. The molecule has 0 unspecified atom stereocenters. The summed E-state index contributed by atoms with van der Waals surface area (Å²) < 4.78 is 0. The summed E-state index contributed by atoms with van der Waals surface area (Å²) in [5.41, 5.74) is -1.10. The van der Waals surface area contributed by atoms with Gasteiger partial charge in [-0.3, -0.25) is 10.1 Å². The van der Waals surface area contributed by atoms with Gasteiger partial charge in [0.2, 0.25) is 5.54 Å². The van der Waals surface area contributed by atoms with Crippen LogP contribution in [-0.2, 0) is 4.79 Å².